The molecule has 0 aromatic carbocycles. The maximum absolute atomic E-state index is 11.5. The molecule has 0 aliphatic carbocycles. The highest BCUT2D eigenvalue weighted by Gasteiger charge is 2.31. The maximum Gasteiger partial charge on any atom is 0.244 e. The molecule has 1 fully saturated rings. The number of rotatable bonds is 4. The van der Waals surface area contributed by atoms with Crippen LogP contribution in [0, 0.1) is 0 Å². The van der Waals surface area contributed by atoms with Crippen molar-refractivity contribution in [3.05, 3.63) is 6.20 Å². The highest BCUT2D eigenvalue weighted by atomic mass is 32.2. The van der Waals surface area contributed by atoms with E-state index in [0.717, 1.165) is 0 Å². The van der Waals surface area contributed by atoms with Crippen LogP contribution in [0.25, 0.3) is 0 Å². The minimum atomic E-state index is -2.90. The van der Waals surface area contributed by atoms with Gasteiger partial charge in [0.05, 0.1) is 17.7 Å². The fourth-order valence-electron chi connectivity index (χ4n) is 2.05. The Morgan fingerprint density at radius 3 is 2.79 bits per heavy atom. The van der Waals surface area contributed by atoms with E-state index in [2.05, 4.69) is 20.5 Å². The third kappa shape index (κ3) is 3.52. The van der Waals surface area contributed by atoms with Gasteiger partial charge in [-0.15, -0.1) is 5.10 Å². The third-order valence-corrected chi connectivity index (χ3v) is 4.83. The largest absolute Gasteiger partial charge is 0.354 e. The lowest BCUT2D eigenvalue weighted by Gasteiger charge is -2.24. The molecule has 0 amide bonds. The smallest absolute Gasteiger partial charge is 0.244 e. The van der Waals surface area contributed by atoms with Crippen molar-refractivity contribution in [3.63, 3.8) is 0 Å². The molecule has 0 spiro atoms. The summed E-state index contributed by atoms with van der Waals surface area (Å²) in [6.07, 6.45) is 2.19. The van der Waals surface area contributed by atoms with E-state index in [9.17, 15) is 8.42 Å². The summed E-state index contributed by atoms with van der Waals surface area (Å²) in [5.41, 5.74) is 0. The topological polar surface area (TPSA) is 88.1 Å². The molecule has 19 heavy (non-hydrogen) atoms. The van der Waals surface area contributed by atoms with Crippen LogP contribution in [0.4, 0.5) is 11.8 Å². The van der Waals surface area contributed by atoms with Gasteiger partial charge in [-0.3, -0.25) is 0 Å². The van der Waals surface area contributed by atoms with Crippen molar-refractivity contribution in [2.45, 2.75) is 32.4 Å². The fraction of sp³-hybridized carbons (Fsp3) is 0.727. The predicted octanol–water partition coefficient (Wildman–Crippen LogP) is 0.315. The molecule has 1 atom stereocenters. The van der Waals surface area contributed by atoms with Gasteiger partial charge < -0.3 is 10.2 Å². The van der Waals surface area contributed by atoms with Crippen LogP contribution in [0.2, 0.25) is 0 Å². The Balaban J connectivity index is 2.13. The molecule has 1 saturated heterocycles. The summed E-state index contributed by atoms with van der Waals surface area (Å²) in [7, 11) is -1.06. The first-order valence-corrected chi connectivity index (χ1v) is 8.09. The Labute approximate surface area is 113 Å². The summed E-state index contributed by atoms with van der Waals surface area (Å²) in [5, 5.41) is 10.9. The van der Waals surface area contributed by atoms with Gasteiger partial charge in [-0.1, -0.05) is 0 Å². The Kier molecular flexibility index (Phi) is 3.88. The van der Waals surface area contributed by atoms with Gasteiger partial charge in [0.25, 0.3) is 0 Å². The van der Waals surface area contributed by atoms with E-state index in [-0.39, 0.29) is 23.6 Å². The molecular formula is C11H19N5O2S. The minimum Gasteiger partial charge on any atom is -0.354 e. The first-order chi connectivity index (χ1) is 8.87. The highest BCUT2D eigenvalue weighted by Crippen LogP contribution is 2.21. The molecule has 1 aliphatic rings. The number of nitrogens with one attached hydrogen (secondary N) is 1. The summed E-state index contributed by atoms with van der Waals surface area (Å²) in [6.45, 7) is 3.98. The third-order valence-electron chi connectivity index (χ3n) is 3.08. The highest BCUT2D eigenvalue weighted by molar-refractivity contribution is 7.91. The molecule has 1 aromatic heterocycles. The van der Waals surface area contributed by atoms with Gasteiger partial charge in [-0.05, 0) is 20.3 Å². The van der Waals surface area contributed by atoms with Crippen molar-refractivity contribution >= 4 is 21.6 Å². The number of hydrogen-bond acceptors (Lipinski definition) is 7. The molecule has 1 unspecified atom stereocenters. The zero-order valence-corrected chi connectivity index (χ0v) is 12.2. The molecule has 2 rings (SSSR count). The Hall–Kier alpha value is -1.44. The average molecular weight is 285 g/mol. The van der Waals surface area contributed by atoms with Crippen LogP contribution >= 0.6 is 0 Å². The lowest BCUT2D eigenvalue weighted by molar-refractivity contribution is 0.600. The lowest BCUT2D eigenvalue weighted by atomic mass is 10.2. The SMILES string of the molecule is CC(C)Nc1nncc(N(C)C2CCS(=O)(=O)C2)n1. The van der Waals surface area contributed by atoms with Crippen LogP contribution in [-0.4, -0.2) is 54.2 Å². The van der Waals surface area contributed by atoms with E-state index in [1.165, 1.54) is 0 Å². The van der Waals surface area contributed by atoms with Crippen LogP contribution in [-0.2, 0) is 9.84 Å². The molecular weight excluding hydrogens is 266 g/mol. The summed E-state index contributed by atoms with van der Waals surface area (Å²) in [4.78, 5) is 6.22. The molecule has 7 nitrogen and oxygen atoms in total. The van der Waals surface area contributed by atoms with Crippen molar-refractivity contribution in [2.75, 3.05) is 28.8 Å². The Morgan fingerprint density at radius 1 is 1.47 bits per heavy atom. The summed E-state index contributed by atoms with van der Waals surface area (Å²) in [5.74, 6) is 1.53. The van der Waals surface area contributed by atoms with E-state index >= 15 is 0 Å². The van der Waals surface area contributed by atoms with Crippen LogP contribution < -0.4 is 10.2 Å². The number of nitrogens with zero attached hydrogens (tertiary/aromatic N) is 4. The van der Waals surface area contributed by atoms with Gasteiger partial charge in [0.1, 0.15) is 0 Å². The molecule has 0 bridgehead atoms. The van der Waals surface area contributed by atoms with Crippen molar-refractivity contribution < 1.29 is 8.42 Å². The molecule has 2 heterocycles. The van der Waals surface area contributed by atoms with E-state index in [0.29, 0.717) is 18.2 Å². The number of anilines is 2. The molecule has 0 saturated carbocycles. The molecule has 1 N–H and O–H groups in total. The van der Waals surface area contributed by atoms with Gasteiger partial charge in [0.15, 0.2) is 15.7 Å². The van der Waals surface area contributed by atoms with E-state index in [1.54, 1.807) is 6.20 Å². The van der Waals surface area contributed by atoms with Crippen molar-refractivity contribution in [1.29, 1.82) is 0 Å². The quantitative estimate of drug-likeness (QED) is 0.852. The van der Waals surface area contributed by atoms with Gasteiger partial charge in [0, 0.05) is 19.1 Å². The Morgan fingerprint density at radius 2 is 2.21 bits per heavy atom. The van der Waals surface area contributed by atoms with Crippen LogP contribution in [0.3, 0.4) is 0 Å². The first-order valence-electron chi connectivity index (χ1n) is 6.27. The average Bonchev–Trinajstić information content (AvgIpc) is 2.68. The van der Waals surface area contributed by atoms with Crippen molar-refractivity contribution in [1.82, 2.24) is 15.2 Å². The molecule has 1 aromatic rings. The predicted molar refractivity (Wildman–Crippen MR) is 74.0 cm³/mol. The van der Waals surface area contributed by atoms with E-state index in [4.69, 9.17) is 0 Å². The van der Waals surface area contributed by atoms with E-state index < -0.39 is 9.84 Å². The zero-order chi connectivity index (χ0) is 14.0. The van der Waals surface area contributed by atoms with Gasteiger partial charge in [-0.2, -0.15) is 10.1 Å². The summed E-state index contributed by atoms with van der Waals surface area (Å²) >= 11 is 0. The maximum atomic E-state index is 11.5. The van der Waals surface area contributed by atoms with Gasteiger partial charge >= 0.3 is 0 Å². The standard InChI is InChI=1S/C11H19N5O2S/c1-8(2)13-11-14-10(6-12-15-11)16(3)9-4-5-19(17,18)7-9/h6,8-9H,4-5,7H2,1-3H3,(H,13,14,15). The second-order valence-electron chi connectivity index (χ2n) is 5.10. The van der Waals surface area contributed by atoms with E-state index in [1.807, 2.05) is 25.8 Å². The van der Waals surface area contributed by atoms with Crippen LogP contribution in [0.5, 0.6) is 0 Å². The molecule has 106 valence electrons. The molecule has 8 heteroatoms. The summed E-state index contributed by atoms with van der Waals surface area (Å²) < 4.78 is 23.0. The number of sulfone groups is 1. The van der Waals surface area contributed by atoms with Crippen LogP contribution in [0.15, 0.2) is 6.20 Å². The van der Waals surface area contributed by atoms with Gasteiger partial charge in [-0.25, -0.2) is 8.42 Å². The lowest BCUT2D eigenvalue weighted by Crippen LogP contribution is -2.33. The van der Waals surface area contributed by atoms with Crippen molar-refractivity contribution in [3.8, 4) is 0 Å². The summed E-state index contributed by atoms with van der Waals surface area (Å²) in [6, 6.07) is 0.183. The van der Waals surface area contributed by atoms with Crippen molar-refractivity contribution in [2.24, 2.45) is 0 Å². The zero-order valence-electron chi connectivity index (χ0n) is 11.4. The van der Waals surface area contributed by atoms with Crippen LogP contribution in [0.1, 0.15) is 20.3 Å². The molecule has 0 radical (unpaired) electrons. The number of hydrogen-bond donors (Lipinski definition) is 1. The second-order valence-corrected chi connectivity index (χ2v) is 7.33. The monoisotopic (exact) mass is 285 g/mol. The first kappa shape index (κ1) is 14.0. The Bertz CT molecular complexity index is 546. The normalized spacial score (nSPS) is 21.6. The minimum absolute atomic E-state index is 0.0337. The number of aromatic nitrogens is 3. The van der Waals surface area contributed by atoms with Gasteiger partial charge in [0.2, 0.25) is 5.95 Å². The second kappa shape index (κ2) is 5.28. The molecule has 1 aliphatic heterocycles. The fourth-order valence-corrected chi connectivity index (χ4v) is 3.83.